The molecule has 0 aromatic carbocycles. The molecule has 0 aliphatic rings. The van der Waals surface area contributed by atoms with Gasteiger partial charge in [-0.15, -0.1) is 0 Å². The summed E-state index contributed by atoms with van der Waals surface area (Å²) in [6, 6.07) is 3.51. The van der Waals surface area contributed by atoms with Gasteiger partial charge in [-0.25, -0.2) is 0 Å². The minimum Gasteiger partial charge on any atom is -0.339 e. The molecule has 90 valence electrons. The van der Waals surface area contributed by atoms with Gasteiger partial charge in [0.15, 0.2) is 0 Å². The van der Waals surface area contributed by atoms with Crippen LogP contribution in [0.2, 0.25) is 5.02 Å². The maximum Gasteiger partial charge on any atom is 0.228 e. The predicted octanol–water partition coefficient (Wildman–Crippen LogP) is 1.94. The van der Waals surface area contributed by atoms with Crippen LogP contribution in [-0.4, -0.2) is 28.2 Å². The van der Waals surface area contributed by atoms with Crippen LogP contribution < -0.4 is 5.32 Å². The van der Waals surface area contributed by atoms with Crippen molar-refractivity contribution in [3.63, 3.8) is 0 Å². The van der Waals surface area contributed by atoms with Crippen LogP contribution in [0.4, 0.5) is 0 Å². The van der Waals surface area contributed by atoms with Gasteiger partial charge >= 0.3 is 0 Å². The summed E-state index contributed by atoms with van der Waals surface area (Å²) in [5.74, 6) is 1.02. The van der Waals surface area contributed by atoms with Crippen molar-refractivity contribution >= 4 is 11.6 Å². The van der Waals surface area contributed by atoms with Crippen molar-refractivity contribution in [3.05, 3.63) is 29.2 Å². The summed E-state index contributed by atoms with van der Waals surface area (Å²) in [5, 5.41) is 7.57. The highest BCUT2D eigenvalue weighted by atomic mass is 35.5. The van der Waals surface area contributed by atoms with Crippen LogP contribution in [0.1, 0.15) is 12.8 Å². The fourth-order valence-corrected chi connectivity index (χ4v) is 1.58. The summed E-state index contributed by atoms with van der Waals surface area (Å²) in [4.78, 5) is 8.37. The summed E-state index contributed by atoms with van der Waals surface area (Å²) in [5.41, 5.74) is 0.549. The molecule has 0 atom stereocenters. The van der Waals surface area contributed by atoms with Crippen molar-refractivity contribution in [2.24, 2.45) is 0 Å². The van der Waals surface area contributed by atoms with E-state index in [-0.39, 0.29) is 0 Å². The number of hydrogen-bond donors (Lipinski definition) is 1. The number of rotatable bonds is 5. The van der Waals surface area contributed by atoms with Gasteiger partial charge in [0, 0.05) is 19.2 Å². The molecule has 2 rings (SSSR count). The monoisotopic (exact) mass is 252 g/mol. The number of halogens is 1. The van der Waals surface area contributed by atoms with Gasteiger partial charge in [0.05, 0.1) is 5.02 Å². The highest BCUT2D eigenvalue weighted by molar-refractivity contribution is 6.32. The van der Waals surface area contributed by atoms with Gasteiger partial charge in [-0.05, 0) is 18.7 Å². The van der Waals surface area contributed by atoms with Gasteiger partial charge in [0.1, 0.15) is 5.69 Å². The lowest BCUT2D eigenvalue weighted by molar-refractivity contribution is 0.376. The van der Waals surface area contributed by atoms with Crippen LogP contribution in [0.3, 0.4) is 0 Å². The van der Waals surface area contributed by atoms with Crippen LogP contribution >= 0.6 is 11.6 Å². The Morgan fingerprint density at radius 3 is 3.12 bits per heavy atom. The SMILES string of the molecule is CCNCCc1nc(-c2ncccc2Cl)no1. The Morgan fingerprint density at radius 2 is 2.35 bits per heavy atom. The summed E-state index contributed by atoms with van der Waals surface area (Å²) in [7, 11) is 0. The maximum absolute atomic E-state index is 6.00. The summed E-state index contributed by atoms with van der Waals surface area (Å²) in [6.07, 6.45) is 2.35. The number of pyridine rings is 1. The van der Waals surface area contributed by atoms with Crippen LogP contribution in [0.5, 0.6) is 0 Å². The first-order chi connectivity index (χ1) is 8.31. The molecule has 6 heteroatoms. The molecule has 5 nitrogen and oxygen atoms in total. The van der Waals surface area contributed by atoms with Crippen LogP contribution in [-0.2, 0) is 6.42 Å². The molecule has 0 radical (unpaired) electrons. The molecule has 0 aliphatic carbocycles. The summed E-state index contributed by atoms with van der Waals surface area (Å²) in [6.45, 7) is 3.79. The molecule has 0 unspecified atom stereocenters. The second-order valence-corrected chi connectivity index (χ2v) is 3.86. The van der Waals surface area contributed by atoms with Crippen molar-refractivity contribution in [3.8, 4) is 11.5 Å². The van der Waals surface area contributed by atoms with Crippen molar-refractivity contribution in [1.82, 2.24) is 20.4 Å². The highest BCUT2D eigenvalue weighted by Crippen LogP contribution is 2.22. The molecule has 0 aliphatic heterocycles. The molecule has 2 aromatic rings. The van der Waals surface area contributed by atoms with Gasteiger partial charge in [-0.2, -0.15) is 4.98 Å². The lowest BCUT2D eigenvalue weighted by Gasteiger charge is -1.96. The minimum atomic E-state index is 0.432. The minimum absolute atomic E-state index is 0.432. The zero-order chi connectivity index (χ0) is 12.1. The standard InChI is InChI=1S/C11H13ClN4O/c1-2-13-7-5-9-15-11(16-17-9)10-8(12)4-3-6-14-10/h3-4,6,13H,2,5,7H2,1H3. The molecule has 0 saturated heterocycles. The Kier molecular flexibility index (Phi) is 4.06. The molecule has 1 N–H and O–H groups in total. The molecule has 0 fully saturated rings. The van der Waals surface area contributed by atoms with E-state index in [0.29, 0.717) is 28.9 Å². The molecule has 17 heavy (non-hydrogen) atoms. The Balaban J connectivity index is 2.10. The van der Waals surface area contributed by atoms with Gasteiger partial charge in [-0.1, -0.05) is 23.7 Å². The first-order valence-electron chi connectivity index (χ1n) is 5.45. The lowest BCUT2D eigenvalue weighted by Crippen LogP contribution is -2.16. The van der Waals surface area contributed by atoms with E-state index < -0.39 is 0 Å². The maximum atomic E-state index is 6.00. The zero-order valence-electron chi connectivity index (χ0n) is 9.48. The fourth-order valence-electron chi connectivity index (χ4n) is 1.37. The molecule has 0 saturated carbocycles. The van der Waals surface area contributed by atoms with E-state index in [0.717, 1.165) is 13.1 Å². The van der Waals surface area contributed by atoms with E-state index in [1.165, 1.54) is 0 Å². The number of hydrogen-bond acceptors (Lipinski definition) is 5. The molecular weight excluding hydrogens is 240 g/mol. The van der Waals surface area contributed by atoms with Crippen LogP contribution in [0.25, 0.3) is 11.5 Å². The van der Waals surface area contributed by atoms with Crippen molar-refractivity contribution in [2.75, 3.05) is 13.1 Å². The van der Waals surface area contributed by atoms with Crippen LogP contribution in [0.15, 0.2) is 22.9 Å². The first-order valence-corrected chi connectivity index (χ1v) is 5.83. The van der Waals surface area contributed by atoms with E-state index in [4.69, 9.17) is 16.1 Å². The third-order valence-electron chi connectivity index (χ3n) is 2.20. The van der Waals surface area contributed by atoms with E-state index in [9.17, 15) is 0 Å². The highest BCUT2D eigenvalue weighted by Gasteiger charge is 2.12. The molecule has 2 heterocycles. The lowest BCUT2D eigenvalue weighted by atomic mass is 10.3. The van der Waals surface area contributed by atoms with Crippen molar-refractivity contribution in [1.29, 1.82) is 0 Å². The molecule has 0 amide bonds. The number of aromatic nitrogens is 3. The normalized spacial score (nSPS) is 10.7. The second kappa shape index (κ2) is 5.75. The van der Waals surface area contributed by atoms with E-state index in [2.05, 4.69) is 20.4 Å². The Hall–Kier alpha value is -1.46. The Labute approximate surface area is 104 Å². The average molecular weight is 253 g/mol. The van der Waals surface area contributed by atoms with Gasteiger partial charge in [0.2, 0.25) is 11.7 Å². The number of nitrogens with zero attached hydrogens (tertiary/aromatic N) is 3. The second-order valence-electron chi connectivity index (χ2n) is 3.45. The van der Waals surface area contributed by atoms with E-state index >= 15 is 0 Å². The average Bonchev–Trinajstić information content (AvgIpc) is 2.79. The third kappa shape index (κ3) is 3.01. The first kappa shape index (κ1) is 12.0. The zero-order valence-corrected chi connectivity index (χ0v) is 10.2. The Morgan fingerprint density at radius 1 is 1.47 bits per heavy atom. The topological polar surface area (TPSA) is 63.8 Å². The molecular formula is C11H13ClN4O. The van der Waals surface area contributed by atoms with E-state index in [1.807, 2.05) is 6.92 Å². The summed E-state index contributed by atoms with van der Waals surface area (Å²) >= 11 is 6.00. The number of likely N-dealkylation sites (N-methyl/N-ethyl adjacent to an activating group) is 1. The smallest absolute Gasteiger partial charge is 0.228 e. The van der Waals surface area contributed by atoms with Crippen LogP contribution in [0, 0.1) is 0 Å². The molecule has 2 aromatic heterocycles. The predicted molar refractivity (Wildman–Crippen MR) is 64.8 cm³/mol. The van der Waals surface area contributed by atoms with Gasteiger partial charge in [-0.3, -0.25) is 4.98 Å². The third-order valence-corrected chi connectivity index (χ3v) is 2.51. The largest absolute Gasteiger partial charge is 0.339 e. The molecule has 0 spiro atoms. The van der Waals surface area contributed by atoms with Gasteiger partial charge in [0.25, 0.3) is 0 Å². The summed E-state index contributed by atoms with van der Waals surface area (Å²) < 4.78 is 5.12. The van der Waals surface area contributed by atoms with Crippen molar-refractivity contribution < 1.29 is 4.52 Å². The van der Waals surface area contributed by atoms with Gasteiger partial charge < -0.3 is 9.84 Å². The quantitative estimate of drug-likeness (QED) is 0.824. The Bertz CT molecular complexity index is 486. The van der Waals surface area contributed by atoms with Crippen molar-refractivity contribution in [2.45, 2.75) is 13.3 Å². The van der Waals surface area contributed by atoms with E-state index in [1.54, 1.807) is 18.3 Å². The number of nitrogens with one attached hydrogen (secondary N) is 1. The molecule has 0 bridgehead atoms. The fraction of sp³-hybridized carbons (Fsp3) is 0.364.